The number of aryl methyl sites for hydroxylation is 1. The molecular weight excluding hydrogens is 388 g/mol. The number of hydrogen-bond donors (Lipinski definition) is 2. The molecule has 2 aromatic rings. The SMILES string of the molecule is C=C(C=N/C(=C\N)NC(=O)c1c(F)cccc1F)c1cc2c(cc1C)OCC2(C)C. The van der Waals surface area contributed by atoms with Gasteiger partial charge in [0.2, 0.25) is 0 Å². The number of aliphatic imine (C=N–C) groups is 1. The molecule has 0 atom stereocenters. The second-order valence-corrected chi connectivity index (χ2v) is 7.72. The molecule has 0 radical (unpaired) electrons. The van der Waals surface area contributed by atoms with Crippen molar-refractivity contribution in [3.05, 3.63) is 82.8 Å². The molecule has 1 amide bonds. The second-order valence-electron chi connectivity index (χ2n) is 7.72. The molecule has 0 aromatic heterocycles. The van der Waals surface area contributed by atoms with Crippen LogP contribution in [-0.2, 0) is 5.41 Å². The lowest BCUT2D eigenvalue weighted by Crippen LogP contribution is -2.25. The van der Waals surface area contributed by atoms with E-state index in [1.54, 1.807) is 0 Å². The number of benzene rings is 2. The van der Waals surface area contributed by atoms with E-state index in [0.29, 0.717) is 12.2 Å². The lowest BCUT2D eigenvalue weighted by atomic mass is 9.84. The van der Waals surface area contributed by atoms with Crippen LogP contribution in [0.15, 0.2) is 53.9 Å². The van der Waals surface area contributed by atoms with Crippen LogP contribution in [0.1, 0.15) is 40.9 Å². The van der Waals surface area contributed by atoms with Gasteiger partial charge in [-0.05, 0) is 47.9 Å². The van der Waals surface area contributed by atoms with Gasteiger partial charge >= 0.3 is 0 Å². The van der Waals surface area contributed by atoms with Crippen LogP contribution in [0.3, 0.4) is 0 Å². The first-order chi connectivity index (χ1) is 14.1. The van der Waals surface area contributed by atoms with Crippen molar-refractivity contribution in [2.75, 3.05) is 6.61 Å². The predicted octanol–water partition coefficient (Wildman–Crippen LogP) is 4.21. The van der Waals surface area contributed by atoms with E-state index in [-0.39, 0.29) is 11.2 Å². The van der Waals surface area contributed by atoms with Crippen LogP contribution in [0.25, 0.3) is 5.57 Å². The quantitative estimate of drug-likeness (QED) is 0.724. The highest BCUT2D eigenvalue weighted by Crippen LogP contribution is 2.40. The third-order valence-corrected chi connectivity index (χ3v) is 4.94. The van der Waals surface area contributed by atoms with Gasteiger partial charge in [0, 0.05) is 23.4 Å². The zero-order valence-electron chi connectivity index (χ0n) is 17.1. The average Bonchev–Trinajstić information content (AvgIpc) is 2.97. The lowest BCUT2D eigenvalue weighted by molar-refractivity contribution is 0.0957. The molecule has 0 bridgehead atoms. The number of amides is 1. The Morgan fingerprint density at radius 3 is 2.60 bits per heavy atom. The summed E-state index contributed by atoms with van der Waals surface area (Å²) < 4.78 is 33.3. The molecule has 5 nitrogen and oxygen atoms in total. The molecule has 2 aromatic carbocycles. The summed E-state index contributed by atoms with van der Waals surface area (Å²) in [7, 11) is 0. The molecular formula is C23H23F2N3O2. The topological polar surface area (TPSA) is 76.7 Å². The molecule has 1 aliphatic rings. The predicted molar refractivity (Wildman–Crippen MR) is 113 cm³/mol. The van der Waals surface area contributed by atoms with Gasteiger partial charge < -0.3 is 15.8 Å². The smallest absolute Gasteiger partial charge is 0.262 e. The molecule has 7 heteroatoms. The van der Waals surface area contributed by atoms with Gasteiger partial charge in [-0.1, -0.05) is 26.5 Å². The molecule has 0 saturated heterocycles. The third kappa shape index (κ3) is 4.10. The number of ether oxygens (including phenoxy) is 1. The fraction of sp³-hybridized carbons (Fsp3) is 0.217. The largest absolute Gasteiger partial charge is 0.492 e. The van der Waals surface area contributed by atoms with Crippen molar-refractivity contribution in [1.29, 1.82) is 0 Å². The Hall–Kier alpha value is -3.48. The molecule has 0 fully saturated rings. The fourth-order valence-electron chi connectivity index (χ4n) is 3.24. The van der Waals surface area contributed by atoms with Crippen LogP contribution in [0.4, 0.5) is 8.78 Å². The third-order valence-electron chi connectivity index (χ3n) is 4.94. The van der Waals surface area contributed by atoms with Gasteiger partial charge in [-0.2, -0.15) is 0 Å². The van der Waals surface area contributed by atoms with Crippen LogP contribution < -0.4 is 15.8 Å². The van der Waals surface area contributed by atoms with Crippen molar-refractivity contribution in [3.63, 3.8) is 0 Å². The highest BCUT2D eigenvalue weighted by Gasteiger charge is 2.32. The van der Waals surface area contributed by atoms with Crippen LogP contribution in [0, 0.1) is 18.6 Å². The van der Waals surface area contributed by atoms with Gasteiger partial charge in [-0.15, -0.1) is 0 Å². The summed E-state index contributed by atoms with van der Waals surface area (Å²) >= 11 is 0. The Bertz CT molecular complexity index is 1070. The molecule has 1 heterocycles. The molecule has 0 saturated carbocycles. The van der Waals surface area contributed by atoms with Gasteiger partial charge in [0.1, 0.15) is 28.8 Å². The minimum absolute atomic E-state index is 0.0636. The fourth-order valence-corrected chi connectivity index (χ4v) is 3.24. The Morgan fingerprint density at radius 1 is 1.30 bits per heavy atom. The van der Waals surface area contributed by atoms with Crippen LogP contribution >= 0.6 is 0 Å². The standard InChI is InChI=1S/C23H23F2N3O2/c1-13-8-19-16(23(3,4)12-30-19)9-15(13)14(2)11-27-20(10-26)28-22(29)21-17(24)6-5-7-18(21)25/h5-11H,2,12,26H2,1,3-4H3,(H,28,29)/b20-10+,27-11?. The maximum absolute atomic E-state index is 13.8. The highest BCUT2D eigenvalue weighted by atomic mass is 19.1. The summed E-state index contributed by atoms with van der Waals surface area (Å²) in [5.41, 5.74) is 8.19. The van der Waals surface area contributed by atoms with E-state index < -0.39 is 23.1 Å². The van der Waals surface area contributed by atoms with E-state index in [4.69, 9.17) is 10.5 Å². The molecule has 0 aliphatic carbocycles. The second kappa shape index (κ2) is 8.10. The molecule has 30 heavy (non-hydrogen) atoms. The zero-order chi connectivity index (χ0) is 22.1. The summed E-state index contributed by atoms with van der Waals surface area (Å²) in [5, 5.41) is 2.30. The van der Waals surface area contributed by atoms with Gasteiger partial charge in [0.15, 0.2) is 0 Å². The number of halogens is 2. The first kappa shape index (κ1) is 21.2. The van der Waals surface area contributed by atoms with E-state index in [1.807, 2.05) is 19.1 Å². The summed E-state index contributed by atoms with van der Waals surface area (Å²) in [6.07, 6.45) is 2.47. The summed E-state index contributed by atoms with van der Waals surface area (Å²) in [4.78, 5) is 16.3. The number of allylic oxidation sites excluding steroid dienone is 1. The number of nitrogens with two attached hydrogens (primary N) is 1. The number of nitrogens with zero attached hydrogens (tertiary/aromatic N) is 1. The minimum atomic E-state index is -0.988. The molecule has 1 aliphatic heterocycles. The van der Waals surface area contributed by atoms with Crippen LogP contribution in [-0.4, -0.2) is 18.7 Å². The normalized spacial score (nSPS) is 15.0. The first-order valence-electron chi connectivity index (χ1n) is 9.32. The first-order valence-corrected chi connectivity index (χ1v) is 9.32. The number of rotatable bonds is 5. The number of hydrogen-bond acceptors (Lipinski definition) is 4. The van der Waals surface area contributed by atoms with Gasteiger partial charge in [0.05, 0.1) is 6.61 Å². The maximum atomic E-state index is 13.8. The van der Waals surface area contributed by atoms with Crippen LogP contribution in [0.5, 0.6) is 5.75 Å². The number of fused-ring (bicyclic) bond motifs is 1. The Morgan fingerprint density at radius 2 is 1.97 bits per heavy atom. The Labute approximate surface area is 174 Å². The molecule has 3 rings (SSSR count). The van der Waals surface area contributed by atoms with E-state index in [0.717, 1.165) is 40.8 Å². The van der Waals surface area contributed by atoms with E-state index in [9.17, 15) is 13.6 Å². The average molecular weight is 411 g/mol. The van der Waals surface area contributed by atoms with Crippen LogP contribution in [0.2, 0.25) is 0 Å². The van der Waals surface area contributed by atoms with E-state index >= 15 is 0 Å². The minimum Gasteiger partial charge on any atom is -0.492 e. The van der Waals surface area contributed by atoms with Gasteiger partial charge in [-0.3, -0.25) is 4.79 Å². The number of carbonyl (C=O) groups is 1. The molecule has 3 N–H and O–H groups in total. The van der Waals surface area contributed by atoms with Crippen molar-refractivity contribution in [2.24, 2.45) is 10.7 Å². The summed E-state index contributed by atoms with van der Waals surface area (Å²) in [6, 6.07) is 7.15. The maximum Gasteiger partial charge on any atom is 0.262 e. The monoisotopic (exact) mass is 411 g/mol. The Balaban J connectivity index is 1.79. The zero-order valence-corrected chi connectivity index (χ0v) is 17.1. The molecule has 0 unspecified atom stereocenters. The van der Waals surface area contributed by atoms with E-state index in [1.165, 1.54) is 12.3 Å². The van der Waals surface area contributed by atoms with Crippen molar-refractivity contribution in [2.45, 2.75) is 26.2 Å². The van der Waals surface area contributed by atoms with Crippen molar-refractivity contribution in [3.8, 4) is 5.75 Å². The summed E-state index contributed by atoms with van der Waals surface area (Å²) in [5.74, 6) is -2.15. The van der Waals surface area contributed by atoms with Crippen molar-refractivity contribution >= 4 is 17.7 Å². The number of nitrogens with one attached hydrogen (secondary N) is 1. The van der Waals surface area contributed by atoms with Crippen molar-refractivity contribution < 1.29 is 18.3 Å². The summed E-state index contributed by atoms with van der Waals surface area (Å²) in [6.45, 7) is 10.8. The molecule has 0 spiro atoms. The lowest BCUT2D eigenvalue weighted by Gasteiger charge is -2.17. The van der Waals surface area contributed by atoms with Gasteiger partial charge in [-0.25, -0.2) is 13.8 Å². The Kier molecular flexibility index (Phi) is 5.73. The van der Waals surface area contributed by atoms with Gasteiger partial charge in [0.25, 0.3) is 5.91 Å². The molecule has 156 valence electrons. The van der Waals surface area contributed by atoms with Crippen molar-refractivity contribution in [1.82, 2.24) is 5.32 Å². The highest BCUT2D eigenvalue weighted by molar-refractivity contribution is 6.10. The number of carbonyl (C=O) groups excluding carboxylic acids is 1. The van der Waals surface area contributed by atoms with E-state index in [2.05, 4.69) is 30.7 Å².